The summed E-state index contributed by atoms with van der Waals surface area (Å²) in [5.74, 6) is 0.226. The Hall–Kier alpha value is -0.0800. The highest BCUT2D eigenvalue weighted by Gasteiger charge is 2.57. The van der Waals surface area contributed by atoms with E-state index in [1.54, 1.807) is 0 Å². The molecule has 0 aromatic heterocycles. The van der Waals surface area contributed by atoms with Gasteiger partial charge in [0.25, 0.3) is 0 Å². The largest absolute Gasteiger partial charge is 0.346 e. The second kappa shape index (κ2) is 3.74. The first-order valence-electron chi connectivity index (χ1n) is 6.33. The average Bonchev–Trinajstić information content (AvgIpc) is 2.60. The second-order valence-electron chi connectivity index (χ2n) is 5.80. The zero-order chi connectivity index (χ0) is 11.1. The van der Waals surface area contributed by atoms with Gasteiger partial charge in [-0.05, 0) is 19.3 Å². The molecular formula is C13H24O2. The van der Waals surface area contributed by atoms with Crippen LogP contribution in [-0.4, -0.2) is 18.5 Å². The molecule has 3 atom stereocenters. The van der Waals surface area contributed by atoms with Gasteiger partial charge in [0.15, 0.2) is 5.79 Å². The van der Waals surface area contributed by atoms with Crippen LogP contribution in [0.25, 0.3) is 0 Å². The van der Waals surface area contributed by atoms with Gasteiger partial charge >= 0.3 is 0 Å². The van der Waals surface area contributed by atoms with Crippen molar-refractivity contribution in [3.05, 3.63) is 0 Å². The third-order valence-corrected chi connectivity index (χ3v) is 4.31. The van der Waals surface area contributed by atoms with Crippen LogP contribution in [0.3, 0.4) is 0 Å². The minimum atomic E-state index is -0.300. The van der Waals surface area contributed by atoms with Crippen LogP contribution in [0, 0.1) is 11.3 Å². The van der Waals surface area contributed by atoms with E-state index in [-0.39, 0.29) is 11.2 Å². The molecule has 2 rings (SSSR count). The van der Waals surface area contributed by atoms with Crippen LogP contribution in [0.2, 0.25) is 0 Å². The molecule has 2 heteroatoms. The molecule has 0 radical (unpaired) electrons. The van der Waals surface area contributed by atoms with E-state index in [0.717, 1.165) is 13.0 Å². The topological polar surface area (TPSA) is 18.5 Å². The molecule has 1 heterocycles. The van der Waals surface area contributed by atoms with Crippen LogP contribution in [0.5, 0.6) is 0 Å². The van der Waals surface area contributed by atoms with E-state index in [0.29, 0.717) is 12.0 Å². The third-order valence-electron chi connectivity index (χ3n) is 4.31. The Morgan fingerprint density at radius 3 is 2.60 bits per heavy atom. The van der Waals surface area contributed by atoms with Crippen LogP contribution in [0.15, 0.2) is 0 Å². The normalized spacial score (nSPS) is 44.8. The van der Waals surface area contributed by atoms with Crippen molar-refractivity contribution >= 4 is 0 Å². The number of hydrogen-bond acceptors (Lipinski definition) is 2. The Labute approximate surface area is 93.3 Å². The van der Waals surface area contributed by atoms with Gasteiger partial charge in [0.05, 0.1) is 12.7 Å². The summed E-state index contributed by atoms with van der Waals surface area (Å²) in [4.78, 5) is 0. The summed E-state index contributed by atoms with van der Waals surface area (Å²) in [7, 11) is 0. The molecule has 2 fully saturated rings. The van der Waals surface area contributed by atoms with Crippen molar-refractivity contribution in [1.29, 1.82) is 0 Å². The summed E-state index contributed by atoms with van der Waals surface area (Å²) in [5.41, 5.74) is 0.161. The highest BCUT2D eigenvalue weighted by Crippen LogP contribution is 2.53. The maximum Gasteiger partial charge on any atom is 0.176 e. The molecule has 1 aliphatic carbocycles. The van der Waals surface area contributed by atoms with Crippen molar-refractivity contribution in [3.63, 3.8) is 0 Å². The fourth-order valence-corrected chi connectivity index (χ4v) is 3.23. The molecule has 1 aliphatic heterocycles. The van der Waals surface area contributed by atoms with Crippen LogP contribution in [-0.2, 0) is 9.47 Å². The van der Waals surface area contributed by atoms with E-state index in [4.69, 9.17) is 9.47 Å². The summed E-state index contributed by atoms with van der Waals surface area (Å²) in [6.45, 7) is 9.82. The predicted octanol–water partition coefficient (Wildman–Crippen LogP) is 3.35. The molecule has 0 aromatic rings. The van der Waals surface area contributed by atoms with Gasteiger partial charge < -0.3 is 9.47 Å². The van der Waals surface area contributed by atoms with Crippen molar-refractivity contribution in [3.8, 4) is 0 Å². The smallest absolute Gasteiger partial charge is 0.176 e. The van der Waals surface area contributed by atoms with E-state index in [1.165, 1.54) is 19.3 Å². The number of rotatable bonds is 1. The van der Waals surface area contributed by atoms with Gasteiger partial charge in [-0.1, -0.05) is 34.1 Å². The molecule has 1 saturated carbocycles. The summed E-state index contributed by atoms with van der Waals surface area (Å²) in [5, 5.41) is 0. The molecule has 3 unspecified atom stereocenters. The molecule has 0 amide bonds. The average molecular weight is 212 g/mol. The molecule has 2 aliphatic rings. The standard InChI is InChI=1S/C13H24O2/c1-5-11-9-14-13(15-11)10(2)7-6-8-12(13,3)4/h10-11H,5-9H2,1-4H3. The van der Waals surface area contributed by atoms with Gasteiger partial charge in [-0.2, -0.15) is 0 Å². The van der Waals surface area contributed by atoms with Gasteiger partial charge in [0, 0.05) is 11.3 Å². The minimum Gasteiger partial charge on any atom is -0.346 e. The molecule has 15 heavy (non-hydrogen) atoms. The lowest BCUT2D eigenvalue weighted by Crippen LogP contribution is -2.53. The first kappa shape index (κ1) is 11.4. The lowest BCUT2D eigenvalue weighted by Gasteiger charge is -2.50. The fourth-order valence-electron chi connectivity index (χ4n) is 3.23. The van der Waals surface area contributed by atoms with Crippen molar-refractivity contribution in [2.45, 2.75) is 65.3 Å². The maximum absolute atomic E-state index is 6.24. The van der Waals surface area contributed by atoms with Gasteiger partial charge in [-0.25, -0.2) is 0 Å². The third kappa shape index (κ3) is 1.62. The molecular weight excluding hydrogens is 188 g/mol. The van der Waals surface area contributed by atoms with E-state index in [9.17, 15) is 0 Å². The SMILES string of the molecule is CCC1COC2(O1)C(C)CCCC2(C)C. The Morgan fingerprint density at radius 2 is 2.07 bits per heavy atom. The van der Waals surface area contributed by atoms with Gasteiger partial charge in [-0.3, -0.25) is 0 Å². The van der Waals surface area contributed by atoms with Crippen LogP contribution in [0.4, 0.5) is 0 Å². The van der Waals surface area contributed by atoms with Crippen molar-refractivity contribution in [1.82, 2.24) is 0 Å². The minimum absolute atomic E-state index is 0.161. The molecule has 88 valence electrons. The molecule has 0 N–H and O–H groups in total. The van der Waals surface area contributed by atoms with Crippen LogP contribution < -0.4 is 0 Å². The first-order chi connectivity index (χ1) is 7.02. The highest BCUT2D eigenvalue weighted by atomic mass is 16.7. The fraction of sp³-hybridized carbons (Fsp3) is 1.00. The van der Waals surface area contributed by atoms with Crippen molar-refractivity contribution in [2.75, 3.05) is 6.61 Å². The van der Waals surface area contributed by atoms with Gasteiger partial charge in [0.1, 0.15) is 0 Å². The zero-order valence-electron chi connectivity index (χ0n) is 10.5. The Balaban J connectivity index is 2.23. The summed E-state index contributed by atoms with van der Waals surface area (Å²) < 4.78 is 12.3. The molecule has 1 spiro atoms. The lowest BCUT2D eigenvalue weighted by molar-refractivity contribution is -0.280. The zero-order valence-corrected chi connectivity index (χ0v) is 10.5. The van der Waals surface area contributed by atoms with Crippen molar-refractivity contribution in [2.24, 2.45) is 11.3 Å². The Morgan fingerprint density at radius 1 is 1.33 bits per heavy atom. The van der Waals surface area contributed by atoms with Crippen LogP contribution in [0.1, 0.15) is 53.4 Å². The predicted molar refractivity (Wildman–Crippen MR) is 60.6 cm³/mol. The summed E-state index contributed by atoms with van der Waals surface area (Å²) in [6.07, 6.45) is 5.13. The van der Waals surface area contributed by atoms with E-state index in [2.05, 4.69) is 27.7 Å². The lowest BCUT2D eigenvalue weighted by atomic mass is 9.67. The number of hydrogen-bond donors (Lipinski definition) is 0. The Kier molecular flexibility index (Phi) is 2.85. The molecule has 0 aromatic carbocycles. The number of ether oxygens (including phenoxy) is 2. The van der Waals surface area contributed by atoms with E-state index >= 15 is 0 Å². The van der Waals surface area contributed by atoms with E-state index in [1.807, 2.05) is 0 Å². The van der Waals surface area contributed by atoms with Crippen LogP contribution >= 0.6 is 0 Å². The first-order valence-corrected chi connectivity index (χ1v) is 6.33. The highest BCUT2D eigenvalue weighted by molar-refractivity contribution is 4.98. The Bertz CT molecular complexity index is 237. The van der Waals surface area contributed by atoms with E-state index < -0.39 is 0 Å². The quantitative estimate of drug-likeness (QED) is 0.663. The molecule has 1 saturated heterocycles. The molecule has 2 nitrogen and oxygen atoms in total. The van der Waals surface area contributed by atoms with Gasteiger partial charge in [-0.15, -0.1) is 0 Å². The maximum atomic E-state index is 6.24. The van der Waals surface area contributed by atoms with Crippen molar-refractivity contribution < 1.29 is 9.47 Å². The molecule has 0 bridgehead atoms. The van der Waals surface area contributed by atoms with Gasteiger partial charge in [0.2, 0.25) is 0 Å². The summed E-state index contributed by atoms with van der Waals surface area (Å²) >= 11 is 0. The second-order valence-corrected chi connectivity index (χ2v) is 5.80. The summed E-state index contributed by atoms with van der Waals surface area (Å²) in [6, 6.07) is 0. The monoisotopic (exact) mass is 212 g/mol.